The monoisotopic (exact) mass is 325 g/mol. The zero-order valence-electron chi connectivity index (χ0n) is 13.3. The van der Waals surface area contributed by atoms with Crippen molar-refractivity contribution in [2.75, 3.05) is 13.1 Å². The van der Waals surface area contributed by atoms with Gasteiger partial charge in [-0.15, -0.1) is 0 Å². The zero-order valence-corrected chi connectivity index (χ0v) is 14.1. The Morgan fingerprint density at radius 2 is 2.04 bits per heavy atom. The van der Waals surface area contributed by atoms with E-state index < -0.39 is 0 Å². The third-order valence-corrected chi connectivity index (χ3v) is 4.74. The maximum Gasteiger partial charge on any atom is 0.169 e. The van der Waals surface area contributed by atoms with Gasteiger partial charge in [-0.2, -0.15) is 0 Å². The molecule has 1 aliphatic rings. The molecule has 0 aliphatic carbocycles. The minimum absolute atomic E-state index is 0.356. The third-order valence-electron chi connectivity index (χ3n) is 4.37. The Morgan fingerprint density at radius 1 is 1.17 bits per heavy atom. The van der Waals surface area contributed by atoms with E-state index in [1.54, 1.807) is 0 Å². The molecule has 4 heteroatoms. The predicted octanol–water partition coefficient (Wildman–Crippen LogP) is 3.73. The molecule has 1 aliphatic heterocycles. The summed E-state index contributed by atoms with van der Waals surface area (Å²) in [5, 5.41) is 4.31. The molecule has 2 heterocycles. The van der Waals surface area contributed by atoms with E-state index in [4.69, 9.17) is 12.2 Å². The molecule has 0 saturated carbocycles. The van der Waals surface area contributed by atoms with Gasteiger partial charge < -0.3 is 10.2 Å². The number of hydrogen-bond donors (Lipinski definition) is 1. The highest BCUT2D eigenvalue weighted by Crippen LogP contribution is 2.30. The molecule has 1 aromatic heterocycles. The first-order valence-corrected chi connectivity index (χ1v) is 8.74. The minimum Gasteiger partial charge on any atom is -0.362 e. The van der Waals surface area contributed by atoms with Gasteiger partial charge in [-0.25, -0.2) is 0 Å². The number of thiocarbonyl (C=S) groups is 1. The molecule has 1 atom stereocenters. The lowest BCUT2D eigenvalue weighted by molar-refractivity contribution is 0.242. The van der Waals surface area contributed by atoms with Crippen LogP contribution < -0.4 is 5.32 Å². The first kappa shape index (κ1) is 15.9. The molecule has 1 fully saturated rings. The van der Waals surface area contributed by atoms with Crippen molar-refractivity contribution >= 4 is 17.3 Å². The lowest BCUT2D eigenvalue weighted by Crippen LogP contribution is -2.45. The van der Waals surface area contributed by atoms with Crippen LogP contribution in [-0.4, -0.2) is 28.1 Å². The molecule has 120 valence electrons. The van der Waals surface area contributed by atoms with E-state index >= 15 is 0 Å². The average molecular weight is 325 g/mol. The summed E-state index contributed by atoms with van der Waals surface area (Å²) in [5.74, 6) is 0. The summed E-state index contributed by atoms with van der Waals surface area (Å²) in [4.78, 5) is 6.60. The van der Waals surface area contributed by atoms with Crippen molar-refractivity contribution in [3.05, 3.63) is 66.0 Å². The second-order valence-corrected chi connectivity index (χ2v) is 6.35. The smallest absolute Gasteiger partial charge is 0.169 e. The van der Waals surface area contributed by atoms with E-state index in [2.05, 4.69) is 45.5 Å². The topological polar surface area (TPSA) is 28.2 Å². The quantitative estimate of drug-likeness (QED) is 0.867. The second kappa shape index (κ2) is 8.06. The Bertz CT molecular complexity index is 615. The molecule has 0 radical (unpaired) electrons. The van der Waals surface area contributed by atoms with Crippen LogP contribution in [0.1, 0.15) is 36.4 Å². The highest BCUT2D eigenvalue weighted by atomic mass is 32.1. The van der Waals surface area contributed by atoms with Gasteiger partial charge in [-0.05, 0) is 55.1 Å². The Hall–Kier alpha value is -1.94. The standard InChI is InChI=1S/C19H23N3S/c23-19(21-13-11-16-7-2-1-3-8-16)22-14-5-4-10-18(22)17-9-6-12-20-15-17/h1-3,6-9,12,15,18H,4-5,10-11,13-14H2,(H,21,23)/t18-/m0/s1. The van der Waals surface area contributed by atoms with Gasteiger partial charge >= 0.3 is 0 Å². The highest BCUT2D eigenvalue weighted by Gasteiger charge is 2.25. The number of likely N-dealkylation sites (tertiary alicyclic amines) is 1. The number of hydrogen-bond acceptors (Lipinski definition) is 2. The predicted molar refractivity (Wildman–Crippen MR) is 98.3 cm³/mol. The largest absolute Gasteiger partial charge is 0.362 e. The van der Waals surface area contributed by atoms with Crippen molar-refractivity contribution in [3.63, 3.8) is 0 Å². The molecule has 0 amide bonds. The van der Waals surface area contributed by atoms with Gasteiger partial charge in [0, 0.05) is 25.5 Å². The number of rotatable bonds is 4. The van der Waals surface area contributed by atoms with E-state index in [1.807, 2.05) is 24.5 Å². The van der Waals surface area contributed by atoms with Crippen LogP contribution in [0.4, 0.5) is 0 Å². The highest BCUT2D eigenvalue weighted by molar-refractivity contribution is 7.80. The Balaban J connectivity index is 1.58. The van der Waals surface area contributed by atoms with Crippen LogP contribution >= 0.6 is 12.2 Å². The van der Waals surface area contributed by atoms with Gasteiger partial charge in [0.05, 0.1) is 6.04 Å². The van der Waals surface area contributed by atoms with Crippen molar-refractivity contribution < 1.29 is 0 Å². The van der Waals surface area contributed by atoms with Crippen molar-refractivity contribution in [2.45, 2.75) is 31.7 Å². The van der Waals surface area contributed by atoms with Crippen molar-refractivity contribution in [2.24, 2.45) is 0 Å². The maximum atomic E-state index is 5.66. The number of pyridine rings is 1. The summed E-state index contributed by atoms with van der Waals surface area (Å²) < 4.78 is 0. The van der Waals surface area contributed by atoms with Gasteiger partial charge in [0.1, 0.15) is 0 Å². The summed E-state index contributed by atoms with van der Waals surface area (Å²) in [6.45, 7) is 1.90. The molecule has 23 heavy (non-hydrogen) atoms. The lowest BCUT2D eigenvalue weighted by Gasteiger charge is -2.37. The van der Waals surface area contributed by atoms with Crippen LogP contribution in [0.25, 0.3) is 0 Å². The van der Waals surface area contributed by atoms with Crippen LogP contribution in [0, 0.1) is 0 Å². The van der Waals surface area contributed by atoms with Crippen LogP contribution in [0.3, 0.4) is 0 Å². The third kappa shape index (κ3) is 4.29. The van der Waals surface area contributed by atoms with Crippen LogP contribution in [0.15, 0.2) is 54.9 Å². The lowest BCUT2D eigenvalue weighted by atomic mass is 9.97. The van der Waals surface area contributed by atoms with E-state index in [1.165, 1.54) is 24.0 Å². The van der Waals surface area contributed by atoms with Crippen LogP contribution in [0.5, 0.6) is 0 Å². The fourth-order valence-electron chi connectivity index (χ4n) is 3.15. The van der Waals surface area contributed by atoms with Crippen molar-refractivity contribution in [1.29, 1.82) is 0 Å². The zero-order chi connectivity index (χ0) is 15.9. The Morgan fingerprint density at radius 3 is 2.83 bits per heavy atom. The molecule has 3 nitrogen and oxygen atoms in total. The molecule has 0 unspecified atom stereocenters. The molecule has 2 aromatic rings. The first-order valence-electron chi connectivity index (χ1n) is 8.33. The van der Waals surface area contributed by atoms with Gasteiger partial charge in [0.25, 0.3) is 0 Å². The molecule has 0 bridgehead atoms. The number of benzene rings is 1. The number of aromatic nitrogens is 1. The molecule has 3 rings (SSSR count). The summed E-state index contributed by atoms with van der Waals surface area (Å²) in [6.07, 6.45) is 8.39. The maximum absolute atomic E-state index is 5.66. The van der Waals surface area contributed by atoms with E-state index in [0.29, 0.717) is 6.04 Å². The number of nitrogens with zero attached hydrogens (tertiary/aromatic N) is 2. The molecule has 1 aromatic carbocycles. The molecule has 1 N–H and O–H groups in total. The molecular weight excluding hydrogens is 302 g/mol. The normalized spacial score (nSPS) is 17.7. The van der Waals surface area contributed by atoms with E-state index in [9.17, 15) is 0 Å². The van der Waals surface area contributed by atoms with Gasteiger partial charge in [-0.1, -0.05) is 36.4 Å². The van der Waals surface area contributed by atoms with Gasteiger partial charge in [-0.3, -0.25) is 4.98 Å². The van der Waals surface area contributed by atoms with Gasteiger partial charge in [0.15, 0.2) is 5.11 Å². The SMILES string of the molecule is S=C(NCCc1ccccc1)N1CCCC[C@H]1c1cccnc1. The fourth-order valence-corrected chi connectivity index (χ4v) is 3.47. The summed E-state index contributed by atoms with van der Waals surface area (Å²) >= 11 is 5.66. The number of piperidine rings is 1. The second-order valence-electron chi connectivity index (χ2n) is 5.96. The van der Waals surface area contributed by atoms with Crippen molar-refractivity contribution in [1.82, 2.24) is 15.2 Å². The minimum atomic E-state index is 0.356. The fraction of sp³-hybridized carbons (Fsp3) is 0.368. The summed E-state index contributed by atoms with van der Waals surface area (Å²) in [6, 6.07) is 15.0. The summed E-state index contributed by atoms with van der Waals surface area (Å²) in [7, 11) is 0. The molecular formula is C19H23N3S. The van der Waals surface area contributed by atoms with Crippen LogP contribution in [-0.2, 0) is 6.42 Å². The van der Waals surface area contributed by atoms with Crippen molar-refractivity contribution in [3.8, 4) is 0 Å². The number of nitrogens with one attached hydrogen (secondary N) is 1. The Kier molecular flexibility index (Phi) is 5.59. The average Bonchev–Trinajstić information content (AvgIpc) is 2.63. The summed E-state index contributed by atoms with van der Waals surface area (Å²) in [5.41, 5.74) is 2.60. The van der Waals surface area contributed by atoms with E-state index in [-0.39, 0.29) is 0 Å². The molecule has 0 spiro atoms. The van der Waals surface area contributed by atoms with Crippen LogP contribution in [0.2, 0.25) is 0 Å². The Labute approximate surface area is 143 Å². The molecule has 1 saturated heterocycles. The van der Waals surface area contributed by atoms with E-state index in [0.717, 1.165) is 31.0 Å². The van der Waals surface area contributed by atoms with Gasteiger partial charge in [0.2, 0.25) is 0 Å². The first-order chi connectivity index (χ1) is 11.3.